The molecule has 0 radical (unpaired) electrons. The van der Waals surface area contributed by atoms with Crippen LogP contribution in [0.4, 0.5) is 0 Å². The zero-order valence-corrected chi connectivity index (χ0v) is 44.9. The van der Waals surface area contributed by atoms with Gasteiger partial charge in [0.15, 0.2) is 0 Å². The number of benzene rings is 8. The normalized spacial score (nSPS) is 11.4. The summed E-state index contributed by atoms with van der Waals surface area (Å²) in [5.41, 5.74) is 4.14. The SMILES string of the molecule is COc1ccc(-c2ccc(Oc3ccc(S(=O)(=O)c4ccc(Oc5ccc(-c6ccc(Oc7ccc(S(=O)(=O)c8ccc(C)c(SOO[O-])c8)cc7S(=O)(=O)[O-])cc6)cc5)cc4)cc3)cc2)cc1.[Na+].[Na+]. The number of hydrogen-bond donors (Lipinski definition) is 0. The van der Waals surface area contributed by atoms with Crippen molar-refractivity contribution in [3.8, 4) is 62.5 Å². The molecule has 70 heavy (non-hydrogen) atoms. The van der Waals surface area contributed by atoms with Crippen molar-refractivity contribution in [2.45, 2.75) is 36.3 Å². The van der Waals surface area contributed by atoms with Crippen LogP contribution in [-0.4, -0.2) is 36.9 Å². The van der Waals surface area contributed by atoms with Crippen LogP contribution in [0.1, 0.15) is 5.56 Å². The van der Waals surface area contributed by atoms with Gasteiger partial charge < -0.3 is 28.8 Å². The quantitative estimate of drug-likeness (QED) is 0.0405. The zero-order chi connectivity index (χ0) is 48.1. The molecule has 0 aliphatic heterocycles. The molecule has 346 valence electrons. The van der Waals surface area contributed by atoms with Crippen LogP contribution in [-0.2, 0) is 39.2 Å². The largest absolute Gasteiger partial charge is 1.00 e. The number of rotatable bonds is 17. The van der Waals surface area contributed by atoms with Crippen molar-refractivity contribution in [3.63, 3.8) is 0 Å². The molecular weight excluding hydrogens is 999 g/mol. The van der Waals surface area contributed by atoms with Crippen LogP contribution < -0.4 is 83.3 Å². The number of methoxy groups -OCH3 is 1. The van der Waals surface area contributed by atoms with Gasteiger partial charge in [0.05, 0.1) is 43.6 Å². The minimum absolute atomic E-state index is 0. The van der Waals surface area contributed by atoms with Crippen molar-refractivity contribution in [2.24, 2.45) is 0 Å². The van der Waals surface area contributed by atoms with Gasteiger partial charge in [-0.25, -0.2) is 25.3 Å². The van der Waals surface area contributed by atoms with E-state index in [0.29, 0.717) is 40.6 Å². The summed E-state index contributed by atoms with van der Waals surface area (Å²) < 4.78 is 118. The summed E-state index contributed by atoms with van der Waals surface area (Å²) in [5, 5.41) is 13.6. The van der Waals surface area contributed by atoms with Gasteiger partial charge in [0, 0.05) is 4.90 Å². The molecule has 14 nitrogen and oxygen atoms in total. The van der Waals surface area contributed by atoms with Crippen LogP contribution in [0.15, 0.2) is 211 Å². The molecule has 0 saturated heterocycles. The van der Waals surface area contributed by atoms with E-state index >= 15 is 0 Å². The molecule has 0 unspecified atom stereocenters. The van der Waals surface area contributed by atoms with E-state index in [4.69, 9.17) is 18.9 Å². The second-order valence-corrected chi connectivity index (χ2v) is 20.8. The Kier molecular flexibility index (Phi) is 18.2. The topological polar surface area (TPSA) is 204 Å². The first kappa shape index (κ1) is 54.3. The minimum atomic E-state index is -5.22. The molecule has 0 amide bonds. The Morgan fingerprint density at radius 2 is 0.771 bits per heavy atom. The molecule has 0 saturated carbocycles. The van der Waals surface area contributed by atoms with Crippen LogP contribution in [0.25, 0.3) is 22.3 Å². The van der Waals surface area contributed by atoms with Crippen molar-refractivity contribution in [3.05, 3.63) is 188 Å². The van der Waals surface area contributed by atoms with E-state index in [0.717, 1.165) is 46.2 Å². The predicted octanol–water partition coefficient (Wildman–Crippen LogP) is 4.52. The number of ether oxygens (including phenoxy) is 4. The third-order valence-electron chi connectivity index (χ3n) is 10.4. The van der Waals surface area contributed by atoms with Gasteiger partial charge in [0.2, 0.25) is 19.7 Å². The Hall–Kier alpha value is -5.00. The standard InChI is InChI=1S/C50H38O14S4.2Na/c1-33-3-24-46(31-49(33)65-64-63-51)67(54,55)47-29-30-48(50(32-47)68(56,57)58)62-43-18-10-37(11-19-43)36-8-16-40(17-9-36)61-42-22-27-45(28-23-42)66(52,53)44-25-20-41(21-26-44)60-39-14-6-35(7-15-39)34-4-12-38(59-2)13-5-34;;/h3-32,51H,1-2H3,(H,56,57,58);;/q;2*+1/p-2. The molecular formula is C50H36Na2O14S4. The molecule has 0 N–H and O–H groups in total. The molecule has 0 heterocycles. The summed E-state index contributed by atoms with van der Waals surface area (Å²) >= 11 is 0.494. The first-order chi connectivity index (χ1) is 32.6. The Balaban J connectivity index is 0.00000402. The van der Waals surface area contributed by atoms with E-state index in [1.807, 2.05) is 48.5 Å². The third-order valence-corrected chi connectivity index (χ3v) is 15.5. The second-order valence-electron chi connectivity index (χ2n) is 14.8. The summed E-state index contributed by atoms with van der Waals surface area (Å²) in [4.78, 5) is -1.19. The van der Waals surface area contributed by atoms with Crippen molar-refractivity contribution in [1.82, 2.24) is 0 Å². The molecule has 8 aromatic rings. The van der Waals surface area contributed by atoms with Gasteiger partial charge >= 0.3 is 59.1 Å². The maximum atomic E-state index is 13.5. The number of sulfone groups is 2. The summed E-state index contributed by atoms with van der Waals surface area (Å²) in [6, 6.07) is 48.0. The Bertz CT molecular complexity index is 3420. The van der Waals surface area contributed by atoms with Crippen molar-refractivity contribution < 1.29 is 122 Å². The number of aryl methyl sites for hydroxylation is 1. The van der Waals surface area contributed by atoms with Gasteiger partial charge in [0.1, 0.15) is 50.4 Å². The molecule has 0 aromatic heterocycles. The van der Waals surface area contributed by atoms with Crippen LogP contribution in [0, 0.1) is 6.92 Å². The Labute approximate surface area is 453 Å². The summed E-state index contributed by atoms with van der Waals surface area (Å²) in [5.74, 6) is 2.52. The first-order valence-corrected chi connectivity index (χ1v) is 25.2. The fraction of sp³-hybridized carbons (Fsp3) is 0.0400. The maximum absolute atomic E-state index is 13.5. The van der Waals surface area contributed by atoms with Crippen molar-refractivity contribution in [1.29, 1.82) is 0 Å². The molecule has 0 bridgehead atoms. The van der Waals surface area contributed by atoms with Gasteiger partial charge in [-0.2, -0.15) is 4.33 Å². The van der Waals surface area contributed by atoms with Crippen LogP contribution >= 0.6 is 12.0 Å². The zero-order valence-electron chi connectivity index (χ0n) is 37.7. The fourth-order valence-corrected chi connectivity index (χ4v) is 10.6. The maximum Gasteiger partial charge on any atom is 1.00 e. The van der Waals surface area contributed by atoms with Crippen LogP contribution in [0.3, 0.4) is 0 Å². The number of hydrogen-bond acceptors (Lipinski definition) is 15. The summed E-state index contributed by atoms with van der Waals surface area (Å²) in [6.07, 6.45) is 0. The average Bonchev–Trinajstić information content (AvgIpc) is 3.34. The average molecular weight is 1040 g/mol. The molecule has 8 rings (SSSR count). The van der Waals surface area contributed by atoms with E-state index in [2.05, 4.69) is 9.37 Å². The van der Waals surface area contributed by atoms with E-state index < -0.39 is 39.6 Å². The fourth-order valence-electron chi connectivity index (χ4n) is 6.80. The third kappa shape index (κ3) is 12.9. The van der Waals surface area contributed by atoms with Gasteiger partial charge in [-0.1, -0.05) is 54.6 Å². The van der Waals surface area contributed by atoms with Gasteiger partial charge in [-0.3, -0.25) is 5.04 Å². The summed E-state index contributed by atoms with van der Waals surface area (Å²) in [7, 11) is -11.8. The molecule has 0 atom stereocenters. The first-order valence-electron chi connectivity index (χ1n) is 20.1. The smallest absolute Gasteiger partial charge is 0.744 e. The van der Waals surface area contributed by atoms with E-state index in [9.17, 15) is 35.1 Å². The van der Waals surface area contributed by atoms with Crippen LogP contribution in [0.5, 0.6) is 40.2 Å². The van der Waals surface area contributed by atoms with Crippen LogP contribution in [0.2, 0.25) is 0 Å². The molecule has 0 spiro atoms. The van der Waals surface area contributed by atoms with E-state index in [-0.39, 0.29) is 90.2 Å². The predicted molar refractivity (Wildman–Crippen MR) is 248 cm³/mol. The Morgan fingerprint density at radius 3 is 1.17 bits per heavy atom. The summed E-state index contributed by atoms with van der Waals surface area (Å²) in [6.45, 7) is 1.65. The van der Waals surface area contributed by atoms with E-state index in [1.54, 1.807) is 86.8 Å². The van der Waals surface area contributed by atoms with Crippen molar-refractivity contribution in [2.75, 3.05) is 7.11 Å². The second kappa shape index (κ2) is 23.5. The molecule has 0 aliphatic rings. The minimum Gasteiger partial charge on any atom is -0.744 e. The molecule has 8 aromatic carbocycles. The van der Waals surface area contributed by atoms with Gasteiger partial charge in [0.25, 0.3) is 0 Å². The molecule has 20 heteroatoms. The van der Waals surface area contributed by atoms with Gasteiger partial charge in [-0.15, -0.1) is 0 Å². The molecule has 0 fully saturated rings. The van der Waals surface area contributed by atoms with E-state index in [1.165, 1.54) is 42.5 Å². The van der Waals surface area contributed by atoms with Crippen molar-refractivity contribution >= 4 is 41.8 Å². The van der Waals surface area contributed by atoms with Gasteiger partial charge in [-0.05, 0) is 162 Å². The molecule has 0 aliphatic carbocycles. The monoisotopic (exact) mass is 1030 g/mol. The Morgan fingerprint density at radius 1 is 0.429 bits per heavy atom.